The maximum Gasteiger partial charge on any atom is 0.258 e. The summed E-state index contributed by atoms with van der Waals surface area (Å²) in [5, 5.41) is 13.2. The Hall–Kier alpha value is -3.60. The van der Waals surface area contributed by atoms with E-state index in [1.54, 1.807) is 47.4 Å². The fourth-order valence-corrected chi connectivity index (χ4v) is 4.39. The van der Waals surface area contributed by atoms with Crippen molar-refractivity contribution in [3.05, 3.63) is 88.2 Å². The molecule has 2 aromatic carbocycles. The molecule has 1 atom stereocenters. The number of methoxy groups -OCH3 is 1. The minimum Gasteiger partial charge on any atom is -0.486 e. The number of ether oxygens (including phenoxy) is 2. The van der Waals surface area contributed by atoms with Crippen molar-refractivity contribution in [2.45, 2.75) is 18.4 Å². The Bertz CT molecular complexity index is 1410. The molecule has 1 aliphatic rings. The molecule has 1 aliphatic carbocycles. The first-order valence-electron chi connectivity index (χ1n) is 10.9. The van der Waals surface area contributed by atoms with E-state index >= 15 is 0 Å². The molecule has 4 aromatic rings. The summed E-state index contributed by atoms with van der Waals surface area (Å²) in [6, 6.07) is 12.3. The lowest BCUT2D eigenvalue weighted by atomic mass is 9.83. The third kappa shape index (κ3) is 3.75. The number of aliphatic hydroxyl groups is 1. The second kappa shape index (κ2) is 8.64. The lowest BCUT2D eigenvalue weighted by Gasteiger charge is -2.30. The lowest BCUT2D eigenvalue weighted by Crippen LogP contribution is -2.31. The number of aryl methyl sites for hydroxylation is 1. The van der Waals surface area contributed by atoms with Crippen molar-refractivity contribution in [3.8, 4) is 11.6 Å². The van der Waals surface area contributed by atoms with Gasteiger partial charge in [-0.25, -0.2) is 14.8 Å². The molecule has 7 nitrogen and oxygen atoms in total. The molecule has 34 heavy (non-hydrogen) atoms. The van der Waals surface area contributed by atoms with Crippen molar-refractivity contribution in [1.29, 1.82) is 0 Å². The highest BCUT2D eigenvalue weighted by molar-refractivity contribution is 6.37. The molecule has 0 spiro atoms. The van der Waals surface area contributed by atoms with Crippen molar-refractivity contribution in [3.63, 3.8) is 0 Å². The fraction of sp³-hybridized carbons (Fsp3) is 0.269. The molecule has 2 aromatic heterocycles. The second-order valence-electron chi connectivity index (χ2n) is 8.51. The normalized spacial score (nSPS) is 15.0. The molecule has 5 rings (SSSR count). The van der Waals surface area contributed by atoms with E-state index in [9.17, 15) is 5.11 Å². The standard InChI is InChI=1S/C26H23ClN4O3/c1-28-19-9-6-17(7-10-19)26(32,22-13-29-15-31(22)2)18-8-11-21-20(12-18)23(27)24(25(30-21)33-3)34-14-16-4-5-16/h6-13,15-16,32H,4-5,14H2,2-3H3. The summed E-state index contributed by atoms with van der Waals surface area (Å²) in [4.78, 5) is 12.3. The van der Waals surface area contributed by atoms with Gasteiger partial charge in [0.05, 0.1) is 49.0 Å². The van der Waals surface area contributed by atoms with Crippen molar-refractivity contribution in [2.75, 3.05) is 13.7 Å². The highest BCUT2D eigenvalue weighted by atomic mass is 35.5. The molecule has 0 amide bonds. The number of pyridine rings is 1. The number of aromatic nitrogens is 3. The van der Waals surface area contributed by atoms with Crippen LogP contribution in [0.15, 0.2) is 55.0 Å². The quantitative estimate of drug-likeness (QED) is 0.370. The van der Waals surface area contributed by atoms with Gasteiger partial charge in [-0.2, -0.15) is 0 Å². The molecule has 172 valence electrons. The van der Waals surface area contributed by atoms with Gasteiger partial charge in [0.15, 0.2) is 11.3 Å². The number of benzene rings is 2. The van der Waals surface area contributed by atoms with Crippen molar-refractivity contribution < 1.29 is 14.6 Å². The van der Waals surface area contributed by atoms with Crippen LogP contribution in [0.3, 0.4) is 0 Å². The Balaban J connectivity index is 1.69. The molecular formula is C26H23ClN4O3. The first-order chi connectivity index (χ1) is 16.5. The number of halogens is 1. The van der Waals surface area contributed by atoms with Crippen molar-refractivity contribution in [1.82, 2.24) is 14.5 Å². The SMILES string of the molecule is [C-]#[N+]c1ccc(C(O)(c2ccc3nc(OC)c(OCC4CC4)c(Cl)c3c2)c2cncn2C)cc1. The third-order valence-corrected chi connectivity index (χ3v) is 6.60. The number of imidazole rings is 1. The molecule has 0 aliphatic heterocycles. The van der Waals surface area contributed by atoms with Crippen LogP contribution in [0.25, 0.3) is 15.7 Å². The molecule has 8 heteroatoms. The van der Waals surface area contributed by atoms with Gasteiger partial charge in [-0.15, -0.1) is 0 Å². The summed E-state index contributed by atoms with van der Waals surface area (Å²) in [6.45, 7) is 7.81. The van der Waals surface area contributed by atoms with Gasteiger partial charge in [-0.05, 0) is 42.0 Å². The minimum absolute atomic E-state index is 0.336. The molecular weight excluding hydrogens is 452 g/mol. The zero-order valence-corrected chi connectivity index (χ0v) is 19.6. The van der Waals surface area contributed by atoms with Gasteiger partial charge in [0.1, 0.15) is 0 Å². The Morgan fingerprint density at radius 3 is 2.56 bits per heavy atom. The summed E-state index contributed by atoms with van der Waals surface area (Å²) >= 11 is 6.82. The number of rotatable bonds is 7. The van der Waals surface area contributed by atoms with E-state index in [1.807, 2.05) is 19.2 Å². The highest BCUT2D eigenvalue weighted by Gasteiger charge is 2.37. The van der Waals surface area contributed by atoms with Gasteiger partial charge in [0, 0.05) is 12.4 Å². The van der Waals surface area contributed by atoms with Gasteiger partial charge in [0.2, 0.25) is 5.75 Å². The third-order valence-electron chi connectivity index (χ3n) is 6.22. The Morgan fingerprint density at radius 1 is 1.21 bits per heavy atom. The van der Waals surface area contributed by atoms with Crippen LogP contribution in [0.4, 0.5) is 5.69 Å². The van der Waals surface area contributed by atoms with Crippen LogP contribution in [0.2, 0.25) is 5.02 Å². The van der Waals surface area contributed by atoms with Crippen molar-refractivity contribution >= 4 is 28.2 Å². The van der Waals surface area contributed by atoms with Gasteiger partial charge < -0.3 is 19.1 Å². The van der Waals surface area contributed by atoms with Crippen LogP contribution in [-0.2, 0) is 12.6 Å². The predicted molar refractivity (Wildman–Crippen MR) is 130 cm³/mol. The molecule has 1 saturated carbocycles. The summed E-state index contributed by atoms with van der Waals surface area (Å²) in [5.41, 5.74) is 1.33. The summed E-state index contributed by atoms with van der Waals surface area (Å²) in [5.74, 6) is 1.28. The maximum absolute atomic E-state index is 12.2. The molecule has 0 radical (unpaired) electrons. The van der Waals surface area contributed by atoms with Crippen molar-refractivity contribution in [2.24, 2.45) is 13.0 Å². The molecule has 0 saturated heterocycles. The molecule has 1 unspecified atom stereocenters. The molecule has 1 N–H and O–H groups in total. The number of nitrogens with zero attached hydrogens (tertiary/aromatic N) is 4. The lowest BCUT2D eigenvalue weighted by molar-refractivity contribution is 0.117. The number of fused-ring (bicyclic) bond motifs is 1. The largest absolute Gasteiger partial charge is 0.486 e. The average Bonchev–Trinajstić information content (AvgIpc) is 3.60. The van der Waals surface area contributed by atoms with Crippen LogP contribution in [0.1, 0.15) is 29.7 Å². The summed E-state index contributed by atoms with van der Waals surface area (Å²) < 4.78 is 13.2. The second-order valence-corrected chi connectivity index (χ2v) is 8.89. The first-order valence-corrected chi connectivity index (χ1v) is 11.3. The van der Waals surface area contributed by atoms with Gasteiger partial charge in [0.25, 0.3) is 5.88 Å². The summed E-state index contributed by atoms with van der Waals surface area (Å²) in [7, 11) is 3.36. The zero-order valence-electron chi connectivity index (χ0n) is 18.8. The Morgan fingerprint density at radius 2 is 1.94 bits per heavy atom. The van der Waals surface area contributed by atoms with E-state index in [0.717, 1.165) is 12.8 Å². The van der Waals surface area contributed by atoms with Crippen LogP contribution < -0.4 is 9.47 Å². The Kier molecular flexibility index (Phi) is 5.64. The fourth-order valence-electron chi connectivity index (χ4n) is 4.11. The molecule has 0 bridgehead atoms. The van der Waals surface area contributed by atoms with Crippen LogP contribution >= 0.6 is 11.6 Å². The highest BCUT2D eigenvalue weighted by Crippen LogP contribution is 2.43. The van der Waals surface area contributed by atoms with Gasteiger partial charge in [-0.3, -0.25) is 0 Å². The number of hydrogen-bond acceptors (Lipinski definition) is 5. The van der Waals surface area contributed by atoms with E-state index in [0.29, 0.717) is 62.6 Å². The van der Waals surface area contributed by atoms with Crippen LogP contribution in [-0.4, -0.2) is 33.4 Å². The number of hydrogen-bond donors (Lipinski definition) is 1. The van der Waals surface area contributed by atoms with Gasteiger partial charge >= 0.3 is 0 Å². The predicted octanol–water partition coefficient (Wildman–Crippen LogP) is 5.25. The van der Waals surface area contributed by atoms with E-state index in [-0.39, 0.29) is 0 Å². The summed E-state index contributed by atoms with van der Waals surface area (Å²) in [6.07, 6.45) is 5.56. The first kappa shape index (κ1) is 22.2. The average molecular weight is 475 g/mol. The minimum atomic E-state index is -1.54. The molecule has 1 fully saturated rings. The van der Waals surface area contributed by atoms with E-state index < -0.39 is 5.60 Å². The maximum atomic E-state index is 12.2. The van der Waals surface area contributed by atoms with E-state index in [4.69, 9.17) is 27.6 Å². The van der Waals surface area contributed by atoms with Crippen LogP contribution in [0.5, 0.6) is 11.6 Å². The monoisotopic (exact) mass is 474 g/mol. The Labute approximate surface area is 202 Å². The van der Waals surface area contributed by atoms with E-state index in [2.05, 4.69) is 14.8 Å². The molecule has 2 heterocycles. The van der Waals surface area contributed by atoms with Crippen LogP contribution in [0, 0.1) is 12.5 Å². The zero-order chi connectivity index (χ0) is 23.9. The topological polar surface area (TPSA) is 73.8 Å². The van der Waals surface area contributed by atoms with Gasteiger partial charge in [-0.1, -0.05) is 41.9 Å². The van der Waals surface area contributed by atoms with E-state index in [1.165, 1.54) is 7.11 Å². The smallest absolute Gasteiger partial charge is 0.258 e.